The van der Waals surface area contributed by atoms with Crippen LogP contribution in [0.5, 0.6) is 5.75 Å². The van der Waals surface area contributed by atoms with Gasteiger partial charge < -0.3 is 14.6 Å². The SMILES string of the molecule is CCn1c(Cc2ccccc2)nnc1SC(C)C(=O)Nc1cc(C)ccc1OC. The molecule has 1 atom stereocenters. The lowest BCUT2D eigenvalue weighted by molar-refractivity contribution is -0.115. The topological polar surface area (TPSA) is 69.0 Å². The first-order chi connectivity index (χ1) is 14.0. The van der Waals surface area contributed by atoms with E-state index in [4.69, 9.17) is 4.74 Å². The Balaban J connectivity index is 1.71. The van der Waals surface area contributed by atoms with Crippen LogP contribution in [0.3, 0.4) is 0 Å². The molecule has 1 amide bonds. The summed E-state index contributed by atoms with van der Waals surface area (Å²) in [7, 11) is 1.59. The van der Waals surface area contributed by atoms with E-state index in [0.29, 0.717) is 17.9 Å². The molecule has 0 aliphatic heterocycles. The first-order valence-electron chi connectivity index (χ1n) is 9.60. The van der Waals surface area contributed by atoms with Crippen LogP contribution in [0.4, 0.5) is 5.69 Å². The maximum Gasteiger partial charge on any atom is 0.237 e. The zero-order chi connectivity index (χ0) is 20.8. The third-order valence-corrected chi connectivity index (χ3v) is 5.66. The molecular formula is C22H26N4O2S. The monoisotopic (exact) mass is 410 g/mol. The summed E-state index contributed by atoms with van der Waals surface area (Å²) in [6.07, 6.45) is 0.712. The van der Waals surface area contributed by atoms with Crippen LogP contribution >= 0.6 is 11.8 Å². The molecule has 29 heavy (non-hydrogen) atoms. The Labute approximate surface area is 175 Å². The van der Waals surface area contributed by atoms with Crippen molar-refractivity contribution in [2.75, 3.05) is 12.4 Å². The van der Waals surface area contributed by atoms with Crippen molar-refractivity contribution < 1.29 is 9.53 Å². The quantitative estimate of drug-likeness (QED) is 0.560. The number of ether oxygens (including phenoxy) is 1. The maximum atomic E-state index is 12.7. The van der Waals surface area contributed by atoms with E-state index >= 15 is 0 Å². The molecule has 1 N–H and O–H groups in total. The van der Waals surface area contributed by atoms with Crippen LogP contribution in [-0.2, 0) is 17.8 Å². The van der Waals surface area contributed by atoms with Gasteiger partial charge in [-0.1, -0.05) is 48.2 Å². The molecule has 0 aliphatic rings. The molecule has 2 aromatic carbocycles. The van der Waals surface area contributed by atoms with Gasteiger partial charge in [-0.15, -0.1) is 10.2 Å². The Morgan fingerprint density at radius 1 is 1.21 bits per heavy atom. The minimum atomic E-state index is -0.334. The molecule has 1 unspecified atom stereocenters. The molecule has 0 radical (unpaired) electrons. The van der Waals surface area contributed by atoms with Crippen LogP contribution in [0, 0.1) is 6.92 Å². The summed E-state index contributed by atoms with van der Waals surface area (Å²) < 4.78 is 7.41. The normalized spacial score (nSPS) is 11.9. The number of anilines is 1. The van der Waals surface area contributed by atoms with E-state index in [9.17, 15) is 4.79 Å². The predicted molar refractivity (Wildman–Crippen MR) is 117 cm³/mol. The molecular weight excluding hydrogens is 384 g/mol. The molecule has 3 aromatic rings. The molecule has 0 bridgehead atoms. The van der Waals surface area contributed by atoms with E-state index in [0.717, 1.165) is 23.1 Å². The summed E-state index contributed by atoms with van der Waals surface area (Å²) in [6.45, 7) is 6.65. The van der Waals surface area contributed by atoms with Crippen molar-refractivity contribution in [1.29, 1.82) is 0 Å². The first-order valence-corrected chi connectivity index (χ1v) is 10.5. The lowest BCUT2D eigenvalue weighted by Gasteiger charge is -2.15. The van der Waals surface area contributed by atoms with E-state index < -0.39 is 0 Å². The van der Waals surface area contributed by atoms with Gasteiger partial charge in [0.05, 0.1) is 18.0 Å². The predicted octanol–water partition coefficient (Wildman–Crippen LogP) is 4.33. The third-order valence-electron chi connectivity index (χ3n) is 4.58. The molecule has 7 heteroatoms. The molecule has 0 fully saturated rings. The molecule has 152 valence electrons. The number of hydrogen-bond donors (Lipinski definition) is 1. The molecule has 1 heterocycles. The van der Waals surface area contributed by atoms with Crippen molar-refractivity contribution in [3.8, 4) is 5.75 Å². The highest BCUT2D eigenvalue weighted by Gasteiger charge is 2.21. The first kappa shape index (κ1) is 20.9. The molecule has 0 saturated carbocycles. The van der Waals surface area contributed by atoms with Gasteiger partial charge in [0.15, 0.2) is 5.16 Å². The van der Waals surface area contributed by atoms with Crippen molar-refractivity contribution in [3.63, 3.8) is 0 Å². The van der Waals surface area contributed by atoms with Crippen LogP contribution in [0.1, 0.15) is 30.8 Å². The lowest BCUT2D eigenvalue weighted by atomic mass is 10.1. The number of benzene rings is 2. The average molecular weight is 411 g/mol. The van der Waals surface area contributed by atoms with Crippen molar-refractivity contribution in [3.05, 3.63) is 65.5 Å². The summed E-state index contributed by atoms with van der Waals surface area (Å²) >= 11 is 1.41. The number of aromatic nitrogens is 3. The number of carbonyl (C=O) groups is 1. The van der Waals surface area contributed by atoms with Crippen molar-refractivity contribution in [1.82, 2.24) is 14.8 Å². The number of amides is 1. The zero-order valence-electron chi connectivity index (χ0n) is 17.2. The van der Waals surface area contributed by atoms with E-state index in [1.165, 1.54) is 17.3 Å². The highest BCUT2D eigenvalue weighted by atomic mass is 32.2. The minimum absolute atomic E-state index is 0.103. The fourth-order valence-electron chi connectivity index (χ4n) is 3.00. The van der Waals surface area contributed by atoms with Gasteiger partial charge in [0.25, 0.3) is 0 Å². The number of thioether (sulfide) groups is 1. The highest BCUT2D eigenvalue weighted by molar-refractivity contribution is 8.00. The Bertz CT molecular complexity index is 972. The Kier molecular flexibility index (Phi) is 6.93. The van der Waals surface area contributed by atoms with Crippen LogP contribution in [0.25, 0.3) is 0 Å². The minimum Gasteiger partial charge on any atom is -0.495 e. The van der Waals surface area contributed by atoms with Gasteiger partial charge in [-0.05, 0) is 44.0 Å². The van der Waals surface area contributed by atoms with Crippen LogP contribution in [-0.4, -0.2) is 33.0 Å². The van der Waals surface area contributed by atoms with Gasteiger partial charge >= 0.3 is 0 Å². The molecule has 1 aromatic heterocycles. The fraction of sp³-hybridized carbons (Fsp3) is 0.318. The van der Waals surface area contributed by atoms with Gasteiger partial charge in [0, 0.05) is 13.0 Å². The number of nitrogens with one attached hydrogen (secondary N) is 1. The average Bonchev–Trinajstić information content (AvgIpc) is 3.09. The number of aryl methyl sites for hydroxylation is 1. The van der Waals surface area contributed by atoms with Crippen molar-refractivity contribution in [2.24, 2.45) is 0 Å². The Morgan fingerprint density at radius 2 is 1.97 bits per heavy atom. The number of carbonyl (C=O) groups excluding carboxylic acids is 1. The van der Waals surface area contributed by atoms with E-state index in [-0.39, 0.29) is 11.2 Å². The van der Waals surface area contributed by atoms with E-state index in [1.54, 1.807) is 7.11 Å². The third kappa shape index (κ3) is 5.17. The number of rotatable bonds is 8. The summed E-state index contributed by atoms with van der Waals surface area (Å²) in [5.74, 6) is 1.44. The Hall–Kier alpha value is -2.80. The smallest absolute Gasteiger partial charge is 0.237 e. The van der Waals surface area contributed by atoms with Gasteiger partial charge in [0.2, 0.25) is 5.91 Å². The molecule has 0 saturated heterocycles. The second-order valence-corrected chi connectivity index (χ2v) is 8.07. The van der Waals surface area contributed by atoms with Gasteiger partial charge in [0.1, 0.15) is 11.6 Å². The van der Waals surface area contributed by atoms with Crippen molar-refractivity contribution >= 4 is 23.4 Å². The second-order valence-electron chi connectivity index (χ2n) is 6.76. The number of nitrogens with zero attached hydrogens (tertiary/aromatic N) is 3. The maximum absolute atomic E-state index is 12.7. The summed E-state index contributed by atoms with van der Waals surface area (Å²) in [6, 6.07) is 15.9. The van der Waals surface area contributed by atoms with Crippen LogP contribution < -0.4 is 10.1 Å². The van der Waals surface area contributed by atoms with Gasteiger partial charge in [-0.25, -0.2) is 0 Å². The number of hydrogen-bond acceptors (Lipinski definition) is 5. The van der Waals surface area contributed by atoms with Crippen LogP contribution in [0.15, 0.2) is 53.7 Å². The molecule has 6 nitrogen and oxygen atoms in total. The number of methoxy groups -OCH3 is 1. The fourth-order valence-corrected chi connectivity index (χ4v) is 3.93. The van der Waals surface area contributed by atoms with Crippen LogP contribution in [0.2, 0.25) is 0 Å². The van der Waals surface area contributed by atoms with E-state index in [2.05, 4.69) is 39.1 Å². The van der Waals surface area contributed by atoms with E-state index in [1.807, 2.05) is 50.2 Å². The van der Waals surface area contributed by atoms with Crippen molar-refractivity contribution in [2.45, 2.75) is 44.1 Å². The summed E-state index contributed by atoms with van der Waals surface area (Å²) in [5, 5.41) is 12.1. The standard InChI is InChI=1S/C22H26N4O2S/c1-5-26-20(14-17-9-7-6-8-10-17)24-25-22(26)29-16(3)21(27)23-18-13-15(2)11-12-19(18)28-4/h6-13,16H,5,14H2,1-4H3,(H,23,27). The largest absolute Gasteiger partial charge is 0.495 e. The highest BCUT2D eigenvalue weighted by Crippen LogP contribution is 2.28. The second kappa shape index (κ2) is 9.60. The Morgan fingerprint density at radius 3 is 2.66 bits per heavy atom. The molecule has 0 aliphatic carbocycles. The summed E-state index contributed by atoms with van der Waals surface area (Å²) in [4.78, 5) is 12.7. The zero-order valence-corrected chi connectivity index (χ0v) is 18.0. The van der Waals surface area contributed by atoms with Gasteiger partial charge in [-0.3, -0.25) is 4.79 Å². The molecule has 3 rings (SSSR count). The summed E-state index contributed by atoms with van der Waals surface area (Å²) in [5.41, 5.74) is 2.91. The van der Waals surface area contributed by atoms with Gasteiger partial charge in [-0.2, -0.15) is 0 Å². The molecule has 0 spiro atoms. The lowest BCUT2D eigenvalue weighted by Crippen LogP contribution is -2.23.